The Labute approximate surface area is 85.9 Å². The van der Waals surface area contributed by atoms with Crippen molar-refractivity contribution in [2.45, 2.75) is 20.3 Å². The largest absolute Gasteiger partial charge is 0.469 e. The minimum Gasteiger partial charge on any atom is -0.469 e. The van der Waals surface area contributed by atoms with Crippen LogP contribution in [0.25, 0.3) is 0 Å². The van der Waals surface area contributed by atoms with Gasteiger partial charge in [-0.1, -0.05) is 0 Å². The number of aryl methyl sites for hydroxylation is 2. The average molecular weight is 213 g/mol. The maximum atomic E-state index is 11.4. The average Bonchev–Trinajstić information content (AvgIpc) is 2.47. The summed E-state index contributed by atoms with van der Waals surface area (Å²) < 4.78 is 4.40. The molecule has 0 amide bonds. The fourth-order valence-electron chi connectivity index (χ4n) is 0.871. The lowest BCUT2D eigenvalue weighted by molar-refractivity contribution is -0.139. The molecule has 0 radical (unpaired) electrons. The molecule has 0 aromatic carbocycles. The highest BCUT2D eigenvalue weighted by Crippen LogP contribution is 2.17. The fourth-order valence-corrected chi connectivity index (χ4v) is 1.72. The van der Waals surface area contributed by atoms with Crippen LogP contribution in [0, 0.1) is 13.8 Å². The number of thiazole rings is 1. The van der Waals surface area contributed by atoms with Crippen molar-refractivity contribution in [3.63, 3.8) is 0 Å². The van der Waals surface area contributed by atoms with Crippen LogP contribution in [0.3, 0.4) is 0 Å². The monoisotopic (exact) mass is 213 g/mol. The minimum absolute atomic E-state index is 0.233. The summed E-state index contributed by atoms with van der Waals surface area (Å²) in [6.45, 7) is 3.72. The van der Waals surface area contributed by atoms with Gasteiger partial charge in [-0.25, -0.2) is 4.98 Å². The number of carbonyl (C=O) groups excluding carboxylic acids is 2. The quantitative estimate of drug-likeness (QED) is 0.434. The molecule has 0 fully saturated rings. The number of Topliss-reactive ketones (excluding diaryl/α,β-unsaturated/α-hetero) is 1. The molecule has 0 atom stereocenters. The van der Waals surface area contributed by atoms with Gasteiger partial charge in [-0.3, -0.25) is 9.59 Å². The van der Waals surface area contributed by atoms with Gasteiger partial charge in [-0.05, 0) is 13.8 Å². The zero-order chi connectivity index (χ0) is 10.7. The number of hydrogen-bond acceptors (Lipinski definition) is 5. The molecule has 0 bridgehead atoms. The number of rotatable bonds is 3. The number of methoxy groups -OCH3 is 1. The summed E-state index contributed by atoms with van der Waals surface area (Å²) in [7, 11) is 1.26. The lowest BCUT2D eigenvalue weighted by Gasteiger charge is -1.94. The summed E-state index contributed by atoms with van der Waals surface area (Å²) in [5.41, 5.74) is 0.836. The highest BCUT2D eigenvalue weighted by atomic mass is 32.1. The molecule has 1 rings (SSSR count). The summed E-state index contributed by atoms with van der Waals surface area (Å²) in [4.78, 5) is 27.3. The Morgan fingerprint density at radius 1 is 1.43 bits per heavy atom. The lowest BCUT2D eigenvalue weighted by Crippen LogP contribution is -2.09. The zero-order valence-electron chi connectivity index (χ0n) is 8.29. The number of aromatic nitrogens is 1. The van der Waals surface area contributed by atoms with E-state index >= 15 is 0 Å². The van der Waals surface area contributed by atoms with Gasteiger partial charge in [-0.15, -0.1) is 11.3 Å². The molecule has 14 heavy (non-hydrogen) atoms. The first kappa shape index (κ1) is 10.8. The SMILES string of the molecule is COC(=O)CC(=O)c1nc(C)c(C)s1. The second kappa shape index (κ2) is 4.32. The van der Waals surface area contributed by atoms with E-state index in [1.165, 1.54) is 18.4 Å². The Morgan fingerprint density at radius 2 is 2.07 bits per heavy atom. The van der Waals surface area contributed by atoms with Crippen molar-refractivity contribution in [2.24, 2.45) is 0 Å². The summed E-state index contributed by atoms with van der Waals surface area (Å²) in [5.74, 6) is -0.807. The van der Waals surface area contributed by atoms with E-state index in [2.05, 4.69) is 9.72 Å². The molecule has 0 spiro atoms. The summed E-state index contributed by atoms with van der Waals surface area (Å²) in [6, 6.07) is 0. The Balaban J connectivity index is 2.75. The first-order valence-electron chi connectivity index (χ1n) is 4.08. The van der Waals surface area contributed by atoms with Crippen molar-refractivity contribution < 1.29 is 14.3 Å². The topological polar surface area (TPSA) is 56.3 Å². The number of nitrogens with zero attached hydrogens (tertiary/aromatic N) is 1. The predicted molar refractivity (Wildman–Crippen MR) is 52.6 cm³/mol. The Bertz CT molecular complexity index is 351. The van der Waals surface area contributed by atoms with Crippen LogP contribution in [-0.4, -0.2) is 23.8 Å². The van der Waals surface area contributed by atoms with Gasteiger partial charge in [0.15, 0.2) is 5.01 Å². The number of esters is 1. The van der Waals surface area contributed by atoms with Crippen LogP contribution in [0.2, 0.25) is 0 Å². The van der Waals surface area contributed by atoms with Gasteiger partial charge in [0, 0.05) is 4.88 Å². The Morgan fingerprint density at radius 3 is 2.50 bits per heavy atom. The van der Waals surface area contributed by atoms with Crippen molar-refractivity contribution in [1.82, 2.24) is 4.98 Å². The van der Waals surface area contributed by atoms with Crippen LogP contribution in [-0.2, 0) is 9.53 Å². The van der Waals surface area contributed by atoms with Crippen LogP contribution in [0.15, 0.2) is 0 Å². The highest BCUT2D eigenvalue weighted by Gasteiger charge is 2.16. The normalized spacial score (nSPS) is 9.93. The first-order chi connectivity index (χ1) is 6.54. The van der Waals surface area contributed by atoms with Crippen LogP contribution < -0.4 is 0 Å². The van der Waals surface area contributed by atoms with Crippen LogP contribution in [0.1, 0.15) is 26.8 Å². The predicted octanol–water partition coefficient (Wildman–Crippen LogP) is 1.51. The molecule has 5 heteroatoms. The van der Waals surface area contributed by atoms with Crippen molar-refractivity contribution in [3.8, 4) is 0 Å². The third-order valence-electron chi connectivity index (χ3n) is 1.80. The van der Waals surface area contributed by atoms with E-state index in [1.54, 1.807) is 0 Å². The highest BCUT2D eigenvalue weighted by molar-refractivity contribution is 7.13. The number of ether oxygens (including phenoxy) is 1. The molecule has 0 aliphatic heterocycles. The van der Waals surface area contributed by atoms with Crippen LogP contribution in [0.5, 0.6) is 0 Å². The maximum absolute atomic E-state index is 11.4. The number of ketones is 1. The van der Waals surface area contributed by atoms with Gasteiger partial charge < -0.3 is 4.74 Å². The third kappa shape index (κ3) is 2.38. The molecular formula is C9H11NO3S. The fraction of sp³-hybridized carbons (Fsp3) is 0.444. The molecule has 0 saturated heterocycles. The van der Waals surface area contributed by atoms with Crippen molar-refractivity contribution in [2.75, 3.05) is 7.11 Å². The number of carbonyl (C=O) groups is 2. The summed E-state index contributed by atoms with van der Waals surface area (Å²) >= 11 is 1.31. The molecule has 0 unspecified atom stereocenters. The Kier molecular flexibility index (Phi) is 3.35. The molecule has 1 aromatic rings. The Hall–Kier alpha value is -1.23. The standard InChI is InChI=1S/C9H11NO3S/c1-5-6(2)14-9(10-5)7(11)4-8(12)13-3/h4H2,1-3H3. The molecule has 0 saturated carbocycles. The maximum Gasteiger partial charge on any atom is 0.313 e. The van der Waals surface area contributed by atoms with E-state index in [9.17, 15) is 9.59 Å². The molecule has 1 aromatic heterocycles. The molecule has 0 aliphatic rings. The van der Waals surface area contributed by atoms with E-state index in [0.717, 1.165) is 10.6 Å². The van der Waals surface area contributed by atoms with Gasteiger partial charge in [0.25, 0.3) is 0 Å². The van der Waals surface area contributed by atoms with Gasteiger partial charge in [0.1, 0.15) is 6.42 Å². The number of hydrogen-bond donors (Lipinski definition) is 0. The molecular weight excluding hydrogens is 202 g/mol. The van der Waals surface area contributed by atoms with E-state index < -0.39 is 5.97 Å². The minimum atomic E-state index is -0.527. The molecule has 0 N–H and O–H groups in total. The van der Waals surface area contributed by atoms with Gasteiger partial charge in [0.05, 0.1) is 12.8 Å². The van der Waals surface area contributed by atoms with Crippen LogP contribution in [0.4, 0.5) is 0 Å². The van der Waals surface area contributed by atoms with Crippen molar-refractivity contribution in [1.29, 1.82) is 0 Å². The van der Waals surface area contributed by atoms with E-state index in [1.807, 2.05) is 13.8 Å². The van der Waals surface area contributed by atoms with Crippen molar-refractivity contribution in [3.05, 3.63) is 15.6 Å². The second-order valence-corrected chi connectivity index (χ2v) is 4.04. The van der Waals surface area contributed by atoms with Gasteiger partial charge in [0.2, 0.25) is 5.78 Å². The zero-order valence-corrected chi connectivity index (χ0v) is 9.10. The second-order valence-electron chi connectivity index (χ2n) is 2.84. The van der Waals surface area contributed by atoms with E-state index in [4.69, 9.17) is 0 Å². The van der Waals surface area contributed by atoms with Crippen LogP contribution >= 0.6 is 11.3 Å². The molecule has 0 aliphatic carbocycles. The van der Waals surface area contributed by atoms with E-state index in [0.29, 0.717) is 5.01 Å². The first-order valence-corrected chi connectivity index (χ1v) is 4.90. The van der Waals surface area contributed by atoms with Gasteiger partial charge in [-0.2, -0.15) is 0 Å². The summed E-state index contributed by atoms with van der Waals surface area (Å²) in [5, 5.41) is 0.380. The van der Waals surface area contributed by atoms with Gasteiger partial charge >= 0.3 is 5.97 Å². The lowest BCUT2D eigenvalue weighted by atomic mass is 10.3. The van der Waals surface area contributed by atoms with E-state index in [-0.39, 0.29) is 12.2 Å². The van der Waals surface area contributed by atoms with Crippen molar-refractivity contribution >= 4 is 23.1 Å². The summed E-state index contributed by atoms with van der Waals surface area (Å²) in [6.07, 6.45) is -0.233. The third-order valence-corrected chi connectivity index (χ3v) is 2.91. The molecule has 1 heterocycles. The smallest absolute Gasteiger partial charge is 0.313 e. The molecule has 4 nitrogen and oxygen atoms in total. The molecule has 76 valence electrons.